The topological polar surface area (TPSA) is 58.4 Å². The molecule has 1 saturated carbocycles. The first-order valence-electron chi connectivity index (χ1n) is 8.77. The zero-order chi connectivity index (χ0) is 16.5. The number of carboxylic acid groups (broad SMARTS) is 1. The van der Waals surface area contributed by atoms with Crippen molar-refractivity contribution in [1.29, 1.82) is 0 Å². The van der Waals surface area contributed by atoms with Gasteiger partial charge in [-0.15, -0.1) is 0 Å². The summed E-state index contributed by atoms with van der Waals surface area (Å²) in [5.41, 5.74) is 2.93. The van der Waals surface area contributed by atoms with Gasteiger partial charge >= 0.3 is 5.97 Å². The van der Waals surface area contributed by atoms with Crippen LogP contribution in [0.25, 0.3) is 0 Å². The molecular weight excluding hydrogens is 302 g/mol. The van der Waals surface area contributed by atoms with Crippen LogP contribution in [0.1, 0.15) is 59.3 Å². The third kappa shape index (κ3) is 3.22. The molecule has 1 aliphatic carbocycles. The van der Waals surface area contributed by atoms with Crippen molar-refractivity contribution in [3.63, 3.8) is 0 Å². The van der Waals surface area contributed by atoms with Gasteiger partial charge in [0.1, 0.15) is 0 Å². The van der Waals surface area contributed by atoms with Crippen molar-refractivity contribution in [2.24, 2.45) is 0 Å². The van der Waals surface area contributed by atoms with E-state index in [1.54, 1.807) is 12.1 Å². The summed E-state index contributed by atoms with van der Waals surface area (Å²) in [6, 6.07) is 8.07. The van der Waals surface area contributed by atoms with E-state index in [0.29, 0.717) is 17.5 Å². The quantitative estimate of drug-likeness (QED) is 0.916. The van der Waals surface area contributed by atoms with E-state index in [4.69, 9.17) is 5.11 Å². The van der Waals surface area contributed by atoms with Crippen molar-refractivity contribution in [1.82, 2.24) is 14.5 Å². The molecule has 0 radical (unpaired) electrons. The molecule has 5 heteroatoms. The van der Waals surface area contributed by atoms with Crippen LogP contribution < -0.4 is 0 Å². The summed E-state index contributed by atoms with van der Waals surface area (Å²) in [5.74, 6) is -0.376. The first-order chi connectivity index (χ1) is 11.7. The monoisotopic (exact) mass is 325 g/mol. The number of aromatic carboxylic acids is 1. The van der Waals surface area contributed by atoms with Gasteiger partial charge in [-0.05, 0) is 55.8 Å². The molecule has 24 heavy (non-hydrogen) atoms. The van der Waals surface area contributed by atoms with Crippen LogP contribution in [0.4, 0.5) is 0 Å². The van der Waals surface area contributed by atoms with Crippen LogP contribution in [0, 0.1) is 0 Å². The van der Waals surface area contributed by atoms with E-state index in [1.165, 1.54) is 36.9 Å². The maximum absolute atomic E-state index is 11.0. The van der Waals surface area contributed by atoms with Crippen LogP contribution in [0.2, 0.25) is 0 Å². The number of likely N-dealkylation sites (tertiary alicyclic amines) is 1. The molecule has 1 saturated heterocycles. The predicted molar refractivity (Wildman–Crippen MR) is 91.2 cm³/mol. The molecule has 0 spiro atoms. The molecule has 1 aromatic carbocycles. The van der Waals surface area contributed by atoms with Crippen LogP contribution in [-0.2, 0) is 6.54 Å². The Bertz CT molecular complexity index is 718. The molecule has 1 N–H and O–H groups in total. The maximum atomic E-state index is 11.0. The molecule has 2 aromatic rings. The molecule has 1 aliphatic heterocycles. The van der Waals surface area contributed by atoms with Crippen molar-refractivity contribution in [3.8, 4) is 0 Å². The minimum Gasteiger partial charge on any atom is -0.478 e. The fourth-order valence-electron chi connectivity index (χ4n) is 3.73. The van der Waals surface area contributed by atoms with E-state index in [-0.39, 0.29) is 0 Å². The molecule has 1 atom stereocenters. The Kier molecular flexibility index (Phi) is 4.10. The first-order valence-corrected chi connectivity index (χ1v) is 8.77. The second kappa shape index (κ2) is 6.40. The Balaban J connectivity index is 1.43. The summed E-state index contributed by atoms with van der Waals surface area (Å²) >= 11 is 0. The lowest BCUT2D eigenvalue weighted by atomic mass is 9.90. The number of imidazole rings is 1. The number of hydrogen-bond acceptors (Lipinski definition) is 3. The lowest BCUT2D eigenvalue weighted by molar-refractivity contribution is 0.0697. The second-order valence-corrected chi connectivity index (χ2v) is 7.02. The van der Waals surface area contributed by atoms with Gasteiger partial charge < -0.3 is 9.67 Å². The number of piperidine rings is 1. The zero-order valence-corrected chi connectivity index (χ0v) is 13.8. The third-order valence-corrected chi connectivity index (χ3v) is 5.21. The van der Waals surface area contributed by atoms with Gasteiger partial charge in [0.15, 0.2) is 0 Å². The van der Waals surface area contributed by atoms with E-state index in [9.17, 15) is 4.79 Å². The molecule has 2 fully saturated rings. The average molecular weight is 325 g/mol. The van der Waals surface area contributed by atoms with Crippen LogP contribution in [-0.4, -0.2) is 38.6 Å². The molecule has 2 aliphatic rings. The number of benzene rings is 1. The highest BCUT2D eigenvalue weighted by Crippen LogP contribution is 2.36. The summed E-state index contributed by atoms with van der Waals surface area (Å²) in [6.07, 6.45) is 8.89. The second-order valence-electron chi connectivity index (χ2n) is 7.02. The van der Waals surface area contributed by atoms with E-state index in [0.717, 1.165) is 19.6 Å². The first kappa shape index (κ1) is 15.4. The van der Waals surface area contributed by atoms with Gasteiger partial charge in [0.2, 0.25) is 0 Å². The summed E-state index contributed by atoms with van der Waals surface area (Å²) < 4.78 is 2.34. The number of aromatic nitrogens is 2. The van der Waals surface area contributed by atoms with Gasteiger partial charge in [-0.3, -0.25) is 4.90 Å². The molecule has 0 bridgehead atoms. The van der Waals surface area contributed by atoms with Crippen LogP contribution in [0.15, 0.2) is 36.8 Å². The van der Waals surface area contributed by atoms with E-state index >= 15 is 0 Å². The summed E-state index contributed by atoms with van der Waals surface area (Å²) in [7, 11) is 0. The molecule has 4 rings (SSSR count). The van der Waals surface area contributed by atoms with Crippen molar-refractivity contribution < 1.29 is 9.90 Å². The Morgan fingerprint density at radius 2 is 2.00 bits per heavy atom. The highest BCUT2D eigenvalue weighted by molar-refractivity contribution is 5.87. The number of carboxylic acids is 1. The van der Waals surface area contributed by atoms with Gasteiger partial charge in [-0.25, -0.2) is 9.78 Å². The van der Waals surface area contributed by atoms with Crippen molar-refractivity contribution >= 4 is 5.97 Å². The smallest absolute Gasteiger partial charge is 0.335 e. The highest BCUT2D eigenvalue weighted by atomic mass is 16.4. The Morgan fingerprint density at radius 1 is 1.21 bits per heavy atom. The third-order valence-electron chi connectivity index (χ3n) is 5.21. The van der Waals surface area contributed by atoms with Crippen molar-refractivity contribution in [3.05, 3.63) is 53.6 Å². The number of hydrogen-bond donors (Lipinski definition) is 1. The molecule has 0 unspecified atom stereocenters. The molecule has 2 heterocycles. The van der Waals surface area contributed by atoms with Crippen LogP contribution in [0.3, 0.4) is 0 Å². The van der Waals surface area contributed by atoms with Gasteiger partial charge in [0.25, 0.3) is 0 Å². The number of carbonyl (C=O) groups is 1. The standard InChI is InChI=1S/C19H23N3O2/c23-19(24)15-5-3-14(4-6-15)16-2-1-9-21(11-16)12-18-10-20-13-22(18)17-7-8-17/h3-6,10,13,16-17H,1-2,7-9,11-12H2,(H,23,24)/t16-/m0/s1. The molecule has 1 aromatic heterocycles. The fraction of sp³-hybridized carbons (Fsp3) is 0.474. The molecule has 5 nitrogen and oxygen atoms in total. The summed E-state index contributed by atoms with van der Waals surface area (Å²) in [5, 5.41) is 9.03. The summed E-state index contributed by atoms with van der Waals surface area (Å²) in [6.45, 7) is 3.11. The predicted octanol–water partition coefficient (Wildman–Crippen LogP) is 3.30. The van der Waals surface area contributed by atoms with E-state index in [1.807, 2.05) is 24.7 Å². The fourth-order valence-corrected chi connectivity index (χ4v) is 3.73. The van der Waals surface area contributed by atoms with E-state index < -0.39 is 5.97 Å². The average Bonchev–Trinajstić information content (AvgIpc) is 3.35. The van der Waals surface area contributed by atoms with Gasteiger partial charge in [-0.2, -0.15) is 0 Å². The Morgan fingerprint density at radius 3 is 2.71 bits per heavy atom. The van der Waals surface area contributed by atoms with Gasteiger partial charge in [0, 0.05) is 25.3 Å². The lowest BCUT2D eigenvalue weighted by Crippen LogP contribution is -2.34. The van der Waals surface area contributed by atoms with Gasteiger partial charge in [0.05, 0.1) is 17.6 Å². The SMILES string of the molecule is O=C(O)c1ccc([C@H]2CCCN(Cc3cncn3C3CC3)C2)cc1. The minimum atomic E-state index is -0.861. The van der Waals surface area contributed by atoms with Crippen molar-refractivity contribution in [2.45, 2.75) is 44.2 Å². The van der Waals surface area contributed by atoms with Gasteiger partial charge in [-0.1, -0.05) is 12.1 Å². The summed E-state index contributed by atoms with van der Waals surface area (Å²) in [4.78, 5) is 17.8. The Hall–Kier alpha value is -2.14. The largest absolute Gasteiger partial charge is 0.478 e. The Labute approximate surface area is 141 Å². The highest BCUT2D eigenvalue weighted by Gasteiger charge is 2.27. The maximum Gasteiger partial charge on any atom is 0.335 e. The van der Waals surface area contributed by atoms with E-state index in [2.05, 4.69) is 14.5 Å². The minimum absolute atomic E-state index is 0.361. The number of nitrogens with zero attached hydrogens (tertiary/aromatic N) is 3. The normalized spacial score (nSPS) is 21.8. The zero-order valence-electron chi connectivity index (χ0n) is 13.8. The lowest BCUT2D eigenvalue weighted by Gasteiger charge is -2.33. The van der Waals surface area contributed by atoms with Crippen LogP contribution >= 0.6 is 0 Å². The molecule has 126 valence electrons. The molecular formula is C19H23N3O2. The van der Waals surface area contributed by atoms with Crippen LogP contribution in [0.5, 0.6) is 0 Å². The van der Waals surface area contributed by atoms with Crippen molar-refractivity contribution in [2.75, 3.05) is 13.1 Å². The number of rotatable bonds is 5. The molecule has 0 amide bonds.